The summed E-state index contributed by atoms with van der Waals surface area (Å²) in [6.45, 7) is 0. The smallest absolute Gasteiger partial charge is 0.0807 e. The van der Waals surface area contributed by atoms with E-state index in [0.717, 1.165) is 21.3 Å². The molecule has 14 heavy (non-hydrogen) atoms. The summed E-state index contributed by atoms with van der Waals surface area (Å²) >= 11 is 3.41. The lowest BCUT2D eigenvalue weighted by Crippen LogP contribution is -1.81. The van der Waals surface area contributed by atoms with Crippen molar-refractivity contribution in [3.63, 3.8) is 0 Å². The van der Waals surface area contributed by atoms with Crippen LogP contribution < -0.4 is 0 Å². The number of benzene rings is 1. The van der Waals surface area contributed by atoms with Gasteiger partial charge in [0.15, 0.2) is 0 Å². The van der Waals surface area contributed by atoms with Crippen LogP contribution in [0.25, 0.3) is 11.3 Å². The molecule has 0 saturated heterocycles. The first-order valence-electron chi connectivity index (χ1n) is 4.07. The Morgan fingerprint density at radius 2 is 2.29 bits per heavy atom. The van der Waals surface area contributed by atoms with Crippen LogP contribution in [0.3, 0.4) is 0 Å². The van der Waals surface area contributed by atoms with Gasteiger partial charge in [-0.25, -0.2) is 0 Å². The number of nitrogens with zero attached hydrogens (tertiary/aromatic N) is 1. The predicted molar refractivity (Wildman–Crippen MR) is 59.7 cm³/mol. The van der Waals surface area contributed by atoms with Crippen LogP contribution in [0.5, 0.6) is 0 Å². The average Bonchev–Trinajstić information content (AvgIpc) is 2.65. The molecule has 0 radical (unpaired) electrons. The van der Waals surface area contributed by atoms with Gasteiger partial charge in [-0.2, -0.15) is 5.10 Å². The molecular formula is C11H7BrN2. The molecule has 1 aromatic carbocycles. The van der Waals surface area contributed by atoms with Gasteiger partial charge in [-0.15, -0.1) is 6.42 Å². The normalized spacial score (nSPS) is 9.71. The minimum atomic E-state index is 0.781. The third kappa shape index (κ3) is 1.57. The van der Waals surface area contributed by atoms with E-state index in [1.807, 2.05) is 24.3 Å². The van der Waals surface area contributed by atoms with Gasteiger partial charge in [0.05, 0.1) is 17.5 Å². The van der Waals surface area contributed by atoms with Crippen LogP contribution in [0.2, 0.25) is 0 Å². The Labute approximate surface area is 90.5 Å². The third-order valence-corrected chi connectivity index (χ3v) is 2.40. The second kappa shape index (κ2) is 3.69. The molecule has 2 aromatic rings. The van der Waals surface area contributed by atoms with Crippen molar-refractivity contribution >= 4 is 15.9 Å². The van der Waals surface area contributed by atoms with Crippen molar-refractivity contribution in [1.29, 1.82) is 0 Å². The minimum absolute atomic E-state index is 0.781. The summed E-state index contributed by atoms with van der Waals surface area (Å²) in [6.07, 6.45) is 7.00. The largest absolute Gasteiger partial charge is 0.277 e. The Morgan fingerprint density at radius 1 is 1.43 bits per heavy atom. The van der Waals surface area contributed by atoms with Gasteiger partial charge >= 0.3 is 0 Å². The second-order valence-electron chi connectivity index (χ2n) is 2.81. The highest BCUT2D eigenvalue weighted by molar-refractivity contribution is 9.10. The number of halogens is 1. The lowest BCUT2D eigenvalue weighted by atomic mass is 10.1. The van der Waals surface area contributed by atoms with Crippen molar-refractivity contribution in [3.8, 4) is 23.6 Å². The molecule has 0 aliphatic rings. The van der Waals surface area contributed by atoms with Crippen LogP contribution in [0.4, 0.5) is 0 Å². The first-order chi connectivity index (χ1) is 6.81. The van der Waals surface area contributed by atoms with Crippen molar-refractivity contribution in [3.05, 3.63) is 40.5 Å². The average molecular weight is 247 g/mol. The van der Waals surface area contributed by atoms with Gasteiger partial charge in [-0.3, -0.25) is 5.10 Å². The maximum absolute atomic E-state index is 5.35. The first kappa shape index (κ1) is 9.04. The van der Waals surface area contributed by atoms with Crippen LogP contribution in [-0.4, -0.2) is 10.2 Å². The van der Waals surface area contributed by atoms with Gasteiger partial charge in [-0.1, -0.05) is 34.0 Å². The van der Waals surface area contributed by atoms with Crippen LogP contribution in [0, 0.1) is 12.3 Å². The second-order valence-corrected chi connectivity index (χ2v) is 3.73. The Morgan fingerprint density at radius 3 is 3.00 bits per heavy atom. The summed E-state index contributed by atoms with van der Waals surface area (Å²) < 4.78 is 1.02. The number of aromatic amines is 1. The molecule has 0 bridgehead atoms. The van der Waals surface area contributed by atoms with Gasteiger partial charge < -0.3 is 0 Å². The standard InChI is InChI=1S/C11H7BrN2/c1-2-8-7-13-14-11(8)9-4-3-5-10(12)6-9/h1,3-7H,(H,13,14). The maximum Gasteiger partial charge on any atom is 0.0807 e. The number of terminal acetylenes is 1. The number of nitrogens with one attached hydrogen (secondary N) is 1. The third-order valence-electron chi connectivity index (χ3n) is 1.91. The summed E-state index contributed by atoms with van der Waals surface area (Å²) in [5, 5.41) is 6.80. The van der Waals surface area contributed by atoms with Crippen molar-refractivity contribution in [1.82, 2.24) is 10.2 Å². The zero-order valence-electron chi connectivity index (χ0n) is 7.29. The molecule has 2 nitrogen and oxygen atoms in total. The number of aromatic nitrogens is 2. The van der Waals surface area contributed by atoms with Gasteiger partial charge in [0, 0.05) is 10.0 Å². The minimum Gasteiger partial charge on any atom is -0.277 e. The Hall–Kier alpha value is -1.53. The van der Waals surface area contributed by atoms with E-state index in [2.05, 4.69) is 32.0 Å². The molecule has 0 aliphatic heterocycles. The van der Waals surface area contributed by atoms with E-state index >= 15 is 0 Å². The fourth-order valence-electron chi connectivity index (χ4n) is 1.26. The topological polar surface area (TPSA) is 28.7 Å². The van der Waals surface area contributed by atoms with Gasteiger partial charge in [0.1, 0.15) is 0 Å². The van der Waals surface area contributed by atoms with Crippen molar-refractivity contribution in [2.75, 3.05) is 0 Å². The molecule has 0 atom stereocenters. The first-order valence-corrected chi connectivity index (χ1v) is 4.86. The Bertz CT molecular complexity index is 494. The Kier molecular flexibility index (Phi) is 2.38. The highest BCUT2D eigenvalue weighted by atomic mass is 79.9. The van der Waals surface area contributed by atoms with Crippen molar-refractivity contribution in [2.24, 2.45) is 0 Å². The molecule has 0 unspecified atom stereocenters. The highest BCUT2D eigenvalue weighted by Gasteiger charge is 2.04. The molecule has 3 heteroatoms. The van der Waals surface area contributed by atoms with Gasteiger partial charge in [0.2, 0.25) is 0 Å². The summed E-state index contributed by atoms with van der Waals surface area (Å²) in [7, 11) is 0. The fraction of sp³-hybridized carbons (Fsp3) is 0. The molecule has 0 amide bonds. The van der Waals surface area contributed by atoms with Crippen molar-refractivity contribution in [2.45, 2.75) is 0 Å². The summed E-state index contributed by atoms with van der Waals surface area (Å²) in [4.78, 5) is 0. The SMILES string of the molecule is C#Cc1cn[nH]c1-c1cccc(Br)c1. The van der Waals surface area contributed by atoms with Crippen LogP contribution in [0.1, 0.15) is 5.56 Å². The number of rotatable bonds is 1. The highest BCUT2D eigenvalue weighted by Crippen LogP contribution is 2.23. The molecule has 0 aliphatic carbocycles. The Balaban J connectivity index is 2.56. The fourth-order valence-corrected chi connectivity index (χ4v) is 1.66. The van der Waals surface area contributed by atoms with E-state index in [9.17, 15) is 0 Å². The van der Waals surface area contributed by atoms with Gasteiger partial charge in [0.25, 0.3) is 0 Å². The predicted octanol–water partition coefficient (Wildman–Crippen LogP) is 2.82. The molecule has 1 aromatic heterocycles. The van der Waals surface area contributed by atoms with E-state index in [-0.39, 0.29) is 0 Å². The molecule has 0 spiro atoms. The lowest BCUT2D eigenvalue weighted by Gasteiger charge is -1.98. The molecular weight excluding hydrogens is 240 g/mol. The number of hydrogen-bond donors (Lipinski definition) is 1. The van der Waals surface area contributed by atoms with E-state index in [0.29, 0.717) is 0 Å². The number of hydrogen-bond acceptors (Lipinski definition) is 1. The molecule has 1 heterocycles. The maximum atomic E-state index is 5.35. The molecule has 0 saturated carbocycles. The zero-order valence-corrected chi connectivity index (χ0v) is 8.88. The number of H-pyrrole nitrogens is 1. The molecule has 1 N–H and O–H groups in total. The van der Waals surface area contributed by atoms with Crippen LogP contribution >= 0.6 is 15.9 Å². The van der Waals surface area contributed by atoms with E-state index in [1.54, 1.807) is 6.20 Å². The molecule has 68 valence electrons. The summed E-state index contributed by atoms with van der Waals surface area (Å²) in [5.41, 5.74) is 2.70. The quantitative estimate of drug-likeness (QED) is 0.771. The summed E-state index contributed by atoms with van der Waals surface area (Å²) in [6, 6.07) is 7.91. The summed E-state index contributed by atoms with van der Waals surface area (Å²) in [5.74, 6) is 2.58. The van der Waals surface area contributed by atoms with E-state index in [4.69, 9.17) is 6.42 Å². The lowest BCUT2D eigenvalue weighted by molar-refractivity contribution is 1.10. The van der Waals surface area contributed by atoms with Gasteiger partial charge in [-0.05, 0) is 12.1 Å². The zero-order chi connectivity index (χ0) is 9.97. The van der Waals surface area contributed by atoms with Crippen LogP contribution in [0.15, 0.2) is 34.9 Å². The molecule has 0 fully saturated rings. The monoisotopic (exact) mass is 246 g/mol. The van der Waals surface area contributed by atoms with E-state index < -0.39 is 0 Å². The molecule has 2 rings (SSSR count). The van der Waals surface area contributed by atoms with E-state index in [1.165, 1.54) is 0 Å². The van der Waals surface area contributed by atoms with Crippen LogP contribution in [-0.2, 0) is 0 Å². The van der Waals surface area contributed by atoms with Crippen molar-refractivity contribution < 1.29 is 0 Å².